The third-order valence-electron chi connectivity index (χ3n) is 10.6. The van der Waals surface area contributed by atoms with Crippen LogP contribution in [-0.4, -0.2) is 46.9 Å². The summed E-state index contributed by atoms with van der Waals surface area (Å²) >= 11 is 0. The van der Waals surface area contributed by atoms with E-state index in [0.29, 0.717) is 19.3 Å². The summed E-state index contributed by atoms with van der Waals surface area (Å²) in [7, 11) is 0. The molecular formula is C53H91NO5. The monoisotopic (exact) mass is 822 g/mol. The molecule has 0 bridgehead atoms. The molecule has 0 fully saturated rings. The van der Waals surface area contributed by atoms with Crippen LogP contribution in [-0.2, 0) is 14.3 Å². The van der Waals surface area contributed by atoms with Gasteiger partial charge in [-0.15, -0.1) is 0 Å². The molecule has 0 aliphatic heterocycles. The van der Waals surface area contributed by atoms with Crippen LogP contribution in [0.15, 0.2) is 85.1 Å². The van der Waals surface area contributed by atoms with Crippen LogP contribution in [0.1, 0.15) is 213 Å². The highest BCUT2D eigenvalue weighted by Crippen LogP contribution is 2.17. The predicted octanol–water partition coefficient (Wildman–Crippen LogP) is 14.4. The third-order valence-corrected chi connectivity index (χ3v) is 10.6. The maximum absolute atomic E-state index is 13.1. The normalized spacial score (nSPS) is 14.1. The molecule has 0 aliphatic rings. The van der Waals surface area contributed by atoms with Gasteiger partial charge in [0.05, 0.1) is 25.2 Å². The van der Waals surface area contributed by atoms with E-state index >= 15 is 0 Å². The second-order valence-corrected chi connectivity index (χ2v) is 16.3. The van der Waals surface area contributed by atoms with E-state index in [2.05, 4.69) is 111 Å². The van der Waals surface area contributed by atoms with Gasteiger partial charge >= 0.3 is 5.97 Å². The molecule has 0 heterocycles. The van der Waals surface area contributed by atoms with Crippen molar-refractivity contribution in [2.75, 3.05) is 6.61 Å². The molecule has 0 saturated carbocycles. The quantitative estimate of drug-likeness (QED) is 0.0324. The van der Waals surface area contributed by atoms with Crippen molar-refractivity contribution in [3.63, 3.8) is 0 Å². The van der Waals surface area contributed by atoms with E-state index in [1.54, 1.807) is 0 Å². The average molecular weight is 822 g/mol. The summed E-state index contributed by atoms with van der Waals surface area (Å²) in [6.45, 7) is 6.27. The molecule has 0 saturated heterocycles. The van der Waals surface area contributed by atoms with Crippen LogP contribution >= 0.6 is 0 Å². The van der Waals surface area contributed by atoms with Gasteiger partial charge in [-0.05, 0) is 70.6 Å². The van der Waals surface area contributed by atoms with Crippen molar-refractivity contribution in [1.29, 1.82) is 0 Å². The van der Waals surface area contributed by atoms with Gasteiger partial charge in [0.15, 0.2) is 0 Å². The number of aliphatic hydroxyl groups is 2. The van der Waals surface area contributed by atoms with Crippen molar-refractivity contribution in [3.8, 4) is 0 Å². The number of rotatable bonds is 42. The van der Waals surface area contributed by atoms with Gasteiger partial charge in [-0.1, -0.05) is 215 Å². The molecule has 0 radical (unpaired) electrons. The minimum absolute atomic E-state index is 0.0495. The summed E-state index contributed by atoms with van der Waals surface area (Å²) in [6, 6.07) is -0.716. The van der Waals surface area contributed by atoms with E-state index in [-0.39, 0.29) is 24.9 Å². The fraction of sp³-hybridized carbons (Fsp3) is 0.698. The number of ether oxygens (including phenoxy) is 1. The second kappa shape index (κ2) is 46.1. The van der Waals surface area contributed by atoms with Gasteiger partial charge in [0.25, 0.3) is 0 Å². The first-order chi connectivity index (χ1) is 29.0. The number of aliphatic hydroxyl groups excluding tert-OH is 2. The predicted molar refractivity (Wildman–Crippen MR) is 254 cm³/mol. The summed E-state index contributed by atoms with van der Waals surface area (Å²) in [4.78, 5) is 26.1. The molecule has 6 heteroatoms. The van der Waals surface area contributed by atoms with E-state index in [4.69, 9.17) is 4.74 Å². The molecule has 0 aromatic heterocycles. The molecule has 0 rings (SSSR count). The Morgan fingerprint density at radius 1 is 0.508 bits per heavy atom. The molecule has 0 aromatic rings. The SMILES string of the molecule is CC/C=C/C=C/C=C/CCCCCCCC(CC(=O)NC(CO)C(O)CCCCCCCCCCC)OC(=O)CCCCCCC/C=C/C=C/C=C/C=C/CCCCC. The number of allylic oxidation sites excluding steroid dienone is 14. The Balaban J connectivity index is 4.66. The number of carbonyl (C=O) groups excluding carboxylic acids is 2. The summed E-state index contributed by atoms with van der Waals surface area (Å²) in [5.74, 6) is -0.529. The number of esters is 1. The fourth-order valence-corrected chi connectivity index (χ4v) is 6.91. The van der Waals surface area contributed by atoms with E-state index in [0.717, 1.165) is 109 Å². The van der Waals surface area contributed by atoms with Crippen molar-refractivity contribution in [2.24, 2.45) is 0 Å². The molecule has 0 aliphatic carbocycles. The topological polar surface area (TPSA) is 95.9 Å². The lowest BCUT2D eigenvalue weighted by Crippen LogP contribution is -2.46. The molecule has 0 aromatic carbocycles. The Bertz CT molecular complexity index is 1150. The van der Waals surface area contributed by atoms with Crippen molar-refractivity contribution in [3.05, 3.63) is 85.1 Å². The molecular weight excluding hydrogens is 731 g/mol. The van der Waals surface area contributed by atoms with E-state index in [1.807, 2.05) is 0 Å². The summed E-state index contributed by atoms with van der Waals surface area (Å²) in [6.07, 6.45) is 59.2. The molecule has 3 atom stereocenters. The Morgan fingerprint density at radius 2 is 0.915 bits per heavy atom. The van der Waals surface area contributed by atoms with Gasteiger partial charge in [-0.25, -0.2) is 0 Å². The van der Waals surface area contributed by atoms with Crippen molar-refractivity contribution in [2.45, 2.75) is 232 Å². The molecule has 0 spiro atoms. The summed E-state index contributed by atoms with van der Waals surface area (Å²) in [5.41, 5.74) is 0. The van der Waals surface area contributed by atoms with Gasteiger partial charge in [0.1, 0.15) is 6.10 Å². The lowest BCUT2D eigenvalue weighted by molar-refractivity contribution is -0.151. The van der Waals surface area contributed by atoms with Crippen LogP contribution < -0.4 is 5.32 Å². The number of unbranched alkanes of at least 4 members (excludes halogenated alkanes) is 21. The standard InChI is InChI=1S/C53H91NO5/c1-4-7-10-13-16-19-21-23-24-25-26-27-29-31-34-37-40-43-46-53(58)59-49(44-41-38-35-33-30-28-22-20-17-14-11-8-5-2)47-52(57)54-50(48-55)51(56)45-42-39-36-32-18-15-12-9-6-3/h8,11,14,16-17,19-27,49-51,55-56H,4-7,9-10,12-13,15,18,28-48H2,1-3H3,(H,54,57)/b11-8+,17-14+,19-16+,22-20+,23-21+,25-24+,27-26+. The average Bonchev–Trinajstić information content (AvgIpc) is 3.23. The van der Waals surface area contributed by atoms with Crippen LogP contribution in [0.4, 0.5) is 0 Å². The highest BCUT2D eigenvalue weighted by molar-refractivity contribution is 5.77. The second-order valence-electron chi connectivity index (χ2n) is 16.3. The van der Waals surface area contributed by atoms with Gasteiger partial charge in [-0.2, -0.15) is 0 Å². The third kappa shape index (κ3) is 41.6. The highest BCUT2D eigenvalue weighted by atomic mass is 16.5. The smallest absolute Gasteiger partial charge is 0.306 e. The van der Waals surface area contributed by atoms with Gasteiger partial charge in [0.2, 0.25) is 5.91 Å². The van der Waals surface area contributed by atoms with Crippen LogP contribution in [0.2, 0.25) is 0 Å². The number of hydrogen-bond acceptors (Lipinski definition) is 5. The maximum Gasteiger partial charge on any atom is 0.306 e. The number of hydrogen-bond donors (Lipinski definition) is 3. The Labute approximate surface area is 363 Å². The Kier molecular flexibility index (Phi) is 43.8. The molecule has 59 heavy (non-hydrogen) atoms. The minimum Gasteiger partial charge on any atom is -0.462 e. The van der Waals surface area contributed by atoms with Crippen molar-refractivity contribution in [1.82, 2.24) is 5.32 Å². The molecule has 3 N–H and O–H groups in total. The number of carbonyl (C=O) groups is 2. The zero-order chi connectivity index (χ0) is 43.1. The van der Waals surface area contributed by atoms with E-state index in [9.17, 15) is 19.8 Å². The van der Waals surface area contributed by atoms with Crippen LogP contribution in [0, 0.1) is 0 Å². The number of amides is 1. The first kappa shape index (κ1) is 56.0. The molecule has 1 amide bonds. The summed E-state index contributed by atoms with van der Waals surface area (Å²) in [5, 5.41) is 23.6. The van der Waals surface area contributed by atoms with Crippen LogP contribution in [0.5, 0.6) is 0 Å². The zero-order valence-corrected chi connectivity index (χ0v) is 38.4. The molecule has 338 valence electrons. The zero-order valence-electron chi connectivity index (χ0n) is 38.4. The maximum atomic E-state index is 13.1. The molecule has 6 nitrogen and oxygen atoms in total. The van der Waals surface area contributed by atoms with Crippen molar-refractivity contribution < 1.29 is 24.5 Å². The first-order valence-electron chi connectivity index (χ1n) is 24.4. The Morgan fingerprint density at radius 3 is 1.42 bits per heavy atom. The van der Waals surface area contributed by atoms with Gasteiger partial charge in [0, 0.05) is 6.42 Å². The first-order valence-corrected chi connectivity index (χ1v) is 24.4. The van der Waals surface area contributed by atoms with Crippen LogP contribution in [0.3, 0.4) is 0 Å². The lowest BCUT2D eigenvalue weighted by Gasteiger charge is -2.24. The van der Waals surface area contributed by atoms with Gasteiger partial charge < -0.3 is 20.3 Å². The summed E-state index contributed by atoms with van der Waals surface area (Å²) < 4.78 is 5.90. The van der Waals surface area contributed by atoms with E-state index < -0.39 is 18.2 Å². The Hall–Kier alpha value is -2.96. The number of nitrogens with one attached hydrogen (secondary N) is 1. The van der Waals surface area contributed by atoms with Crippen LogP contribution in [0.25, 0.3) is 0 Å². The molecule has 3 unspecified atom stereocenters. The fourth-order valence-electron chi connectivity index (χ4n) is 6.91. The largest absolute Gasteiger partial charge is 0.462 e. The van der Waals surface area contributed by atoms with Gasteiger partial charge in [-0.3, -0.25) is 9.59 Å². The minimum atomic E-state index is -0.800. The van der Waals surface area contributed by atoms with Crippen molar-refractivity contribution >= 4 is 11.9 Å². The lowest BCUT2D eigenvalue weighted by atomic mass is 10.0. The highest BCUT2D eigenvalue weighted by Gasteiger charge is 2.24. The van der Waals surface area contributed by atoms with E-state index in [1.165, 1.54) is 57.8 Å².